The molecule has 2 aliphatic carbocycles. The van der Waals surface area contributed by atoms with E-state index in [1.807, 2.05) is 45.2 Å². The Morgan fingerprint density at radius 2 is 1.85 bits per heavy atom. The molecule has 0 spiro atoms. The highest BCUT2D eigenvalue weighted by Gasteiger charge is 2.19. The van der Waals surface area contributed by atoms with Crippen molar-refractivity contribution in [3.05, 3.63) is 72.1 Å². The highest BCUT2D eigenvalue weighted by Crippen LogP contribution is 2.19. The number of carbonyl (C=O) groups excluding carboxylic acids is 2. The topological polar surface area (TPSA) is 69.6 Å². The molecule has 0 heterocycles. The van der Waals surface area contributed by atoms with E-state index >= 15 is 0 Å². The summed E-state index contributed by atoms with van der Waals surface area (Å²) in [6, 6.07) is 0.170. The van der Waals surface area contributed by atoms with Crippen LogP contribution in [0.2, 0.25) is 0 Å². The number of carbonyl (C=O) groups is 2. The van der Waals surface area contributed by atoms with Crippen LogP contribution in [0, 0.1) is 5.92 Å². The predicted octanol–water partition coefficient (Wildman–Crippen LogP) is 5.84. The molecular weight excluding hydrogens is 412 g/mol. The van der Waals surface area contributed by atoms with E-state index < -0.39 is 0 Å². The van der Waals surface area contributed by atoms with E-state index in [1.54, 1.807) is 6.08 Å². The number of hydrogen-bond donors (Lipinski definition) is 2. The fourth-order valence-electron chi connectivity index (χ4n) is 3.49. The Balaban J connectivity index is 0.000000950. The van der Waals surface area contributed by atoms with Gasteiger partial charge in [0.1, 0.15) is 6.29 Å². The van der Waals surface area contributed by atoms with Crippen LogP contribution in [0.5, 0.6) is 0 Å². The Morgan fingerprint density at radius 1 is 1.18 bits per heavy atom. The minimum absolute atomic E-state index is 0.0792. The maximum atomic E-state index is 11.8. The van der Waals surface area contributed by atoms with Gasteiger partial charge in [-0.25, -0.2) is 0 Å². The minimum atomic E-state index is -0.0792. The van der Waals surface area contributed by atoms with E-state index in [-0.39, 0.29) is 18.5 Å². The van der Waals surface area contributed by atoms with Crippen molar-refractivity contribution in [1.29, 1.82) is 0 Å². The van der Waals surface area contributed by atoms with Gasteiger partial charge in [0.2, 0.25) is 5.91 Å². The third-order valence-electron chi connectivity index (χ3n) is 5.13. The van der Waals surface area contributed by atoms with Crippen LogP contribution in [-0.2, 0) is 9.59 Å². The third-order valence-corrected chi connectivity index (χ3v) is 5.13. The van der Waals surface area contributed by atoms with Gasteiger partial charge in [-0.1, -0.05) is 88.0 Å². The first-order chi connectivity index (χ1) is 16.0. The van der Waals surface area contributed by atoms with E-state index in [2.05, 4.69) is 54.4 Å². The summed E-state index contributed by atoms with van der Waals surface area (Å²) >= 11 is 0. The molecule has 184 valence electrons. The summed E-state index contributed by atoms with van der Waals surface area (Å²) in [5, 5.41) is 12.1. The lowest BCUT2D eigenvalue weighted by molar-refractivity contribution is -0.123. The van der Waals surface area contributed by atoms with Crippen molar-refractivity contribution in [3.8, 4) is 0 Å². The van der Waals surface area contributed by atoms with Crippen molar-refractivity contribution in [2.45, 2.75) is 65.8 Å². The van der Waals surface area contributed by atoms with Gasteiger partial charge in [-0.05, 0) is 38.3 Å². The normalized spacial score (nSPS) is 16.1. The lowest BCUT2D eigenvalue weighted by atomic mass is 9.98. The number of allylic oxidation sites excluding steroid dienone is 11. The predicted molar refractivity (Wildman–Crippen MR) is 140 cm³/mol. The number of aliphatic hydroxyl groups is 1. The van der Waals surface area contributed by atoms with Crippen LogP contribution in [-0.4, -0.2) is 48.4 Å². The van der Waals surface area contributed by atoms with Crippen LogP contribution >= 0.6 is 0 Å². The standard InChI is InChI=1S/C19H30N2O3.C7H8.C2H6/c1-4-17(13-19(24)20-10-11-22)21(3)14-15(2)12-16-6-5-7-18(23)9-8-16;1-2-4-6-7-5-3-1;1-2/h5-8,11,15,17,23H,4,9-10,12-14H2,1-3H3,(H,20,24);1-6H,7H2;1-2H3. The Kier molecular flexibility index (Phi) is 18.4. The molecular formula is C28H44N2O3. The maximum absolute atomic E-state index is 11.8. The molecule has 33 heavy (non-hydrogen) atoms. The molecule has 5 heteroatoms. The molecule has 2 atom stereocenters. The summed E-state index contributed by atoms with van der Waals surface area (Å²) in [4.78, 5) is 24.3. The highest BCUT2D eigenvalue weighted by atomic mass is 16.3. The highest BCUT2D eigenvalue weighted by molar-refractivity contribution is 5.78. The number of nitrogens with one attached hydrogen (secondary N) is 1. The van der Waals surface area contributed by atoms with E-state index in [1.165, 1.54) is 5.57 Å². The number of rotatable bonds is 10. The Morgan fingerprint density at radius 3 is 2.45 bits per heavy atom. The second-order valence-electron chi connectivity index (χ2n) is 7.96. The smallest absolute Gasteiger partial charge is 0.221 e. The van der Waals surface area contributed by atoms with Crippen LogP contribution in [0.15, 0.2) is 72.1 Å². The molecule has 2 rings (SSSR count). The van der Waals surface area contributed by atoms with E-state index in [4.69, 9.17) is 0 Å². The number of nitrogens with zero attached hydrogens (tertiary/aromatic N) is 1. The monoisotopic (exact) mass is 456 g/mol. The molecule has 0 fully saturated rings. The van der Waals surface area contributed by atoms with Gasteiger partial charge in [0.05, 0.1) is 12.3 Å². The second-order valence-corrected chi connectivity index (χ2v) is 7.96. The van der Waals surface area contributed by atoms with Crippen molar-refractivity contribution in [1.82, 2.24) is 10.2 Å². The van der Waals surface area contributed by atoms with Crippen LogP contribution in [0.1, 0.15) is 59.8 Å². The zero-order valence-electron chi connectivity index (χ0n) is 21.2. The number of aldehydes is 1. The molecule has 0 aromatic carbocycles. The van der Waals surface area contributed by atoms with Gasteiger partial charge in [0.15, 0.2) is 0 Å². The quantitative estimate of drug-likeness (QED) is 0.405. The molecule has 0 saturated heterocycles. The van der Waals surface area contributed by atoms with Crippen molar-refractivity contribution < 1.29 is 14.7 Å². The first-order valence-electron chi connectivity index (χ1n) is 12.1. The lowest BCUT2D eigenvalue weighted by Crippen LogP contribution is -2.39. The van der Waals surface area contributed by atoms with E-state index in [0.717, 1.165) is 25.8 Å². The fraction of sp³-hybridized carbons (Fsp3) is 0.500. The van der Waals surface area contributed by atoms with Gasteiger partial charge in [-0.2, -0.15) is 0 Å². The molecule has 0 bridgehead atoms. The SMILES string of the molecule is C1=CC=CCC=C1.CC.CCC(CC(=O)NCC=O)N(C)CC(C)CC1=CCC(O)=CC=C1. The number of amides is 1. The summed E-state index contributed by atoms with van der Waals surface area (Å²) in [6.45, 7) is 9.24. The van der Waals surface area contributed by atoms with Crippen molar-refractivity contribution >= 4 is 12.2 Å². The Labute approximate surface area is 201 Å². The molecule has 2 unspecified atom stereocenters. The summed E-state index contributed by atoms with van der Waals surface area (Å²) in [7, 11) is 2.04. The molecule has 5 nitrogen and oxygen atoms in total. The van der Waals surface area contributed by atoms with Crippen LogP contribution in [0.4, 0.5) is 0 Å². The molecule has 0 aliphatic heterocycles. The van der Waals surface area contributed by atoms with Crippen LogP contribution < -0.4 is 5.32 Å². The molecule has 2 N–H and O–H groups in total. The molecule has 1 amide bonds. The van der Waals surface area contributed by atoms with E-state index in [0.29, 0.717) is 30.8 Å². The average molecular weight is 457 g/mol. The Bertz CT molecular complexity index is 715. The lowest BCUT2D eigenvalue weighted by Gasteiger charge is -2.29. The third kappa shape index (κ3) is 15.7. The first kappa shape index (κ1) is 30.3. The van der Waals surface area contributed by atoms with E-state index in [9.17, 15) is 14.7 Å². The van der Waals surface area contributed by atoms with Crippen molar-refractivity contribution in [2.75, 3.05) is 20.1 Å². The molecule has 0 aromatic heterocycles. The van der Waals surface area contributed by atoms with Gasteiger partial charge in [-0.15, -0.1) is 0 Å². The molecule has 0 aromatic rings. The number of hydrogen-bond acceptors (Lipinski definition) is 4. The molecule has 0 radical (unpaired) electrons. The van der Waals surface area contributed by atoms with Crippen molar-refractivity contribution in [3.63, 3.8) is 0 Å². The van der Waals surface area contributed by atoms with Crippen molar-refractivity contribution in [2.24, 2.45) is 5.92 Å². The largest absolute Gasteiger partial charge is 0.512 e. The number of aliphatic hydroxyl groups excluding tert-OH is 1. The van der Waals surface area contributed by atoms with Gasteiger partial charge < -0.3 is 20.1 Å². The summed E-state index contributed by atoms with van der Waals surface area (Å²) < 4.78 is 0. The van der Waals surface area contributed by atoms with Gasteiger partial charge in [-0.3, -0.25) is 4.79 Å². The second kappa shape index (κ2) is 20.0. The molecule has 0 saturated carbocycles. The zero-order valence-corrected chi connectivity index (χ0v) is 21.2. The zero-order chi connectivity index (χ0) is 24.9. The summed E-state index contributed by atoms with van der Waals surface area (Å²) in [5.41, 5.74) is 1.23. The van der Waals surface area contributed by atoms with Gasteiger partial charge >= 0.3 is 0 Å². The van der Waals surface area contributed by atoms with Crippen LogP contribution in [0.25, 0.3) is 0 Å². The minimum Gasteiger partial charge on any atom is -0.512 e. The van der Waals surface area contributed by atoms with Crippen LogP contribution in [0.3, 0.4) is 0 Å². The van der Waals surface area contributed by atoms with Gasteiger partial charge in [0.25, 0.3) is 0 Å². The average Bonchev–Trinajstić information content (AvgIpc) is 3.23. The first-order valence-corrected chi connectivity index (χ1v) is 12.1. The summed E-state index contributed by atoms with van der Waals surface area (Å²) in [6.07, 6.45) is 24.7. The maximum Gasteiger partial charge on any atom is 0.221 e. The fourth-order valence-corrected chi connectivity index (χ4v) is 3.49. The van der Waals surface area contributed by atoms with Gasteiger partial charge in [0, 0.05) is 25.4 Å². The molecule has 2 aliphatic rings. The summed E-state index contributed by atoms with van der Waals surface area (Å²) in [5.74, 6) is 0.751. The Hall–Kier alpha value is -2.66.